The Balaban J connectivity index is 1.22. The lowest BCUT2D eigenvalue weighted by Crippen LogP contribution is -2.47. The molecule has 3 aliphatic carbocycles. The number of fused-ring (bicyclic) bond motifs is 3. The minimum Gasteiger partial charge on any atom is -0.435 e. The number of rotatable bonds is 8. The van der Waals surface area contributed by atoms with Crippen molar-refractivity contribution in [2.24, 2.45) is 5.41 Å². The Kier molecular flexibility index (Phi) is 5.93. The SMILES string of the molecule is CC(C)(F)c1nc(C23CCC(CNc4cc(-c5ccc(OC(F)F)cc5)cnn4)(CC2)CC3)no1. The normalized spacial score (nSPS) is 24.1. The zero-order chi connectivity index (χ0) is 24.7. The molecule has 0 spiro atoms. The Morgan fingerprint density at radius 2 is 1.74 bits per heavy atom. The molecule has 0 atom stereocenters. The standard InChI is InChI=1S/C25H28F3N5O2/c1-23(2,28)21-31-20(33-35-21)25-10-7-24(8-11-25,9-12-25)15-29-19-13-17(14-30-32-19)16-3-5-18(6-4-16)34-22(26)27/h3-6,13-14,22H,7-12,15H2,1-2H3,(H,29,32). The molecule has 0 unspecified atom stereocenters. The first kappa shape index (κ1) is 23.6. The van der Waals surface area contributed by atoms with Crippen LogP contribution in [-0.4, -0.2) is 33.5 Å². The summed E-state index contributed by atoms with van der Waals surface area (Å²) in [6.07, 6.45) is 7.52. The molecule has 3 aromatic rings. The minimum atomic E-state index is -2.85. The maximum atomic E-state index is 14.2. The fourth-order valence-electron chi connectivity index (χ4n) is 5.26. The van der Waals surface area contributed by atoms with Crippen molar-refractivity contribution in [2.45, 2.75) is 70.1 Å². The number of nitrogens with one attached hydrogen (secondary N) is 1. The van der Waals surface area contributed by atoms with Crippen LogP contribution in [-0.2, 0) is 11.1 Å². The molecule has 186 valence electrons. The highest BCUT2D eigenvalue weighted by Crippen LogP contribution is 2.57. The van der Waals surface area contributed by atoms with E-state index in [2.05, 4.69) is 30.4 Å². The Bertz CT molecular complexity index is 1150. The summed E-state index contributed by atoms with van der Waals surface area (Å²) in [5.74, 6) is 1.46. The van der Waals surface area contributed by atoms with Gasteiger partial charge in [-0.1, -0.05) is 17.3 Å². The van der Waals surface area contributed by atoms with Crippen molar-refractivity contribution < 1.29 is 22.4 Å². The molecule has 0 aliphatic heterocycles. The van der Waals surface area contributed by atoms with Crippen molar-refractivity contribution in [1.82, 2.24) is 20.3 Å². The van der Waals surface area contributed by atoms with Crippen LogP contribution in [0.5, 0.6) is 5.75 Å². The molecule has 35 heavy (non-hydrogen) atoms. The number of nitrogens with zero attached hydrogens (tertiary/aromatic N) is 4. The first-order valence-corrected chi connectivity index (χ1v) is 11.8. The summed E-state index contributed by atoms with van der Waals surface area (Å²) in [4.78, 5) is 4.42. The molecular weight excluding hydrogens is 459 g/mol. The monoisotopic (exact) mass is 487 g/mol. The topological polar surface area (TPSA) is 86.0 Å². The van der Waals surface area contributed by atoms with Gasteiger partial charge in [0.1, 0.15) is 11.6 Å². The van der Waals surface area contributed by atoms with Gasteiger partial charge in [-0.2, -0.15) is 18.9 Å². The van der Waals surface area contributed by atoms with Gasteiger partial charge in [-0.3, -0.25) is 0 Å². The van der Waals surface area contributed by atoms with E-state index in [1.165, 1.54) is 26.0 Å². The number of hydrogen-bond acceptors (Lipinski definition) is 7. The average Bonchev–Trinajstić information content (AvgIpc) is 3.37. The van der Waals surface area contributed by atoms with Gasteiger partial charge in [-0.05, 0) is 81.5 Å². The Morgan fingerprint density at radius 1 is 1.06 bits per heavy atom. The van der Waals surface area contributed by atoms with Crippen LogP contribution in [0.4, 0.5) is 19.0 Å². The maximum Gasteiger partial charge on any atom is 0.387 e. The van der Waals surface area contributed by atoms with E-state index in [-0.39, 0.29) is 22.5 Å². The molecule has 0 amide bonds. The second kappa shape index (κ2) is 8.80. The number of benzene rings is 1. The van der Waals surface area contributed by atoms with Crippen LogP contribution in [0, 0.1) is 5.41 Å². The third kappa shape index (κ3) is 4.83. The zero-order valence-corrected chi connectivity index (χ0v) is 19.7. The number of halogens is 3. The highest BCUT2D eigenvalue weighted by molar-refractivity contribution is 5.65. The Labute approximate surface area is 201 Å². The lowest BCUT2D eigenvalue weighted by molar-refractivity contribution is -0.0498. The molecule has 10 heteroatoms. The second-order valence-electron chi connectivity index (χ2n) is 10.3. The van der Waals surface area contributed by atoms with E-state index in [9.17, 15) is 13.2 Å². The lowest BCUT2D eigenvalue weighted by Gasteiger charge is -2.52. The molecular formula is C25H28F3N5O2. The number of hydrogen-bond donors (Lipinski definition) is 1. The van der Waals surface area contributed by atoms with E-state index in [0.29, 0.717) is 11.6 Å². The first-order valence-electron chi connectivity index (χ1n) is 11.8. The molecule has 0 radical (unpaired) electrons. The molecule has 2 heterocycles. The van der Waals surface area contributed by atoms with E-state index in [1.807, 2.05) is 6.07 Å². The van der Waals surface area contributed by atoms with Crippen molar-refractivity contribution in [3.63, 3.8) is 0 Å². The van der Waals surface area contributed by atoms with Crippen molar-refractivity contribution in [3.05, 3.63) is 48.2 Å². The van der Waals surface area contributed by atoms with Crippen LogP contribution < -0.4 is 10.1 Å². The Morgan fingerprint density at radius 3 is 2.34 bits per heavy atom. The fourth-order valence-corrected chi connectivity index (χ4v) is 5.26. The molecule has 1 aromatic carbocycles. The third-order valence-electron chi connectivity index (χ3n) is 7.52. The summed E-state index contributed by atoms with van der Waals surface area (Å²) in [5.41, 5.74) is 0.0436. The number of alkyl halides is 3. The lowest BCUT2D eigenvalue weighted by atomic mass is 9.53. The molecule has 1 N–H and O–H groups in total. The summed E-state index contributed by atoms with van der Waals surface area (Å²) in [5, 5.41) is 15.9. The van der Waals surface area contributed by atoms with E-state index in [1.54, 1.807) is 18.3 Å². The van der Waals surface area contributed by atoms with Gasteiger partial charge >= 0.3 is 6.61 Å². The van der Waals surface area contributed by atoms with Crippen LogP contribution in [0.15, 0.2) is 41.1 Å². The largest absolute Gasteiger partial charge is 0.435 e. The molecule has 0 saturated heterocycles. The number of ether oxygens (including phenoxy) is 1. The van der Waals surface area contributed by atoms with Crippen LogP contribution in [0.25, 0.3) is 11.1 Å². The van der Waals surface area contributed by atoms with Crippen LogP contribution in [0.2, 0.25) is 0 Å². The Hall–Kier alpha value is -3.17. The average molecular weight is 488 g/mol. The van der Waals surface area contributed by atoms with Gasteiger partial charge in [0.15, 0.2) is 11.5 Å². The smallest absolute Gasteiger partial charge is 0.387 e. The van der Waals surface area contributed by atoms with Gasteiger partial charge in [-0.15, -0.1) is 5.10 Å². The van der Waals surface area contributed by atoms with Crippen molar-refractivity contribution in [2.75, 3.05) is 11.9 Å². The summed E-state index contributed by atoms with van der Waals surface area (Å²) >= 11 is 0. The number of aromatic nitrogens is 4. The predicted molar refractivity (Wildman–Crippen MR) is 123 cm³/mol. The van der Waals surface area contributed by atoms with E-state index < -0.39 is 12.3 Å². The van der Waals surface area contributed by atoms with Gasteiger partial charge in [0.05, 0.1) is 6.20 Å². The molecule has 2 bridgehead atoms. The van der Waals surface area contributed by atoms with E-state index in [0.717, 1.165) is 56.2 Å². The molecule has 3 aliphatic rings. The maximum absolute atomic E-state index is 14.2. The molecule has 7 nitrogen and oxygen atoms in total. The molecule has 6 rings (SSSR count). The first-order chi connectivity index (χ1) is 16.7. The van der Waals surface area contributed by atoms with Gasteiger partial charge in [0.2, 0.25) is 0 Å². The second-order valence-corrected chi connectivity index (χ2v) is 10.3. The molecule has 3 fully saturated rings. The number of anilines is 1. The van der Waals surface area contributed by atoms with Crippen molar-refractivity contribution >= 4 is 5.82 Å². The van der Waals surface area contributed by atoms with E-state index >= 15 is 0 Å². The molecule has 2 aromatic heterocycles. The zero-order valence-electron chi connectivity index (χ0n) is 19.7. The summed E-state index contributed by atoms with van der Waals surface area (Å²) in [6, 6.07) is 8.35. The quantitative estimate of drug-likeness (QED) is 0.415. The summed E-state index contributed by atoms with van der Waals surface area (Å²) in [6.45, 7) is 0.775. The van der Waals surface area contributed by atoms with Crippen molar-refractivity contribution in [1.29, 1.82) is 0 Å². The van der Waals surface area contributed by atoms with Gasteiger partial charge in [0.25, 0.3) is 5.89 Å². The van der Waals surface area contributed by atoms with Crippen molar-refractivity contribution in [3.8, 4) is 16.9 Å². The van der Waals surface area contributed by atoms with E-state index in [4.69, 9.17) is 4.52 Å². The van der Waals surface area contributed by atoms with Gasteiger partial charge in [-0.25, -0.2) is 4.39 Å². The summed E-state index contributed by atoms with van der Waals surface area (Å²) < 4.78 is 48.6. The molecule has 3 saturated carbocycles. The van der Waals surface area contributed by atoms with Crippen LogP contribution in [0.3, 0.4) is 0 Å². The van der Waals surface area contributed by atoms with Gasteiger partial charge in [0, 0.05) is 17.5 Å². The predicted octanol–water partition coefficient (Wildman–Crippen LogP) is 6.04. The fraction of sp³-hybridized carbons (Fsp3) is 0.520. The highest BCUT2D eigenvalue weighted by Gasteiger charge is 2.51. The highest BCUT2D eigenvalue weighted by atomic mass is 19.3. The minimum absolute atomic E-state index is 0.0422. The van der Waals surface area contributed by atoms with Gasteiger partial charge < -0.3 is 14.6 Å². The summed E-state index contributed by atoms with van der Waals surface area (Å²) in [7, 11) is 0. The van der Waals surface area contributed by atoms with Crippen LogP contribution in [0.1, 0.15) is 64.1 Å². The van der Waals surface area contributed by atoms with Crippen LogP contribution >= 0.6 is 0 Å². The third-order valence-corrected chi connectivity index (χ3v) is 7.52.